The molecule has 0 N–H and O–H groups in total. The Morgan fingerprint density at radius 2 is 1.90 bits per heavy atom. The van der Waals surface area contributed by atoms with Gasteiger partial charge in [-0.25, -0.2) is 9.78 Å². The van der Waals surface area contributed by atoms with Gasteiger partial charge in [-0.3, -0.25) is 9.36 Å². The van der Waals surface area contributed by atoms with E-state index in [2.05, 4.69) is 4.98 Å². The molecule has 0 radical (unpaired) electrons. The molecule has 5 aromatic rings. The third kappa shape index (κ3) is 3.43. The fourth-order valence-corrected chi connectivity index (χ4v) is 4.62. The number of hydrogen-bond donors (Lipinski definition) is 0. The van der Waals surface area contributed by atoms with E-state index in [-0.39, 0.29) is 12.1 Å². The molecular weight excluding hydrogens is 412 g/mol. The van der Waals surface area contributed by atoms with E-state index in [4.69, 9.17) is 9.15 Å². The highest BCUT2D eigenvalue weighted by atomic mass is 32.1. The van der Waals surface area contributed by atoms with Crippen molar-refractivity contribution in [2.45, 2.75) is 13.5 Å². The summed E-state index contributed by atoms with van der Waals surface area (Å²) in [6.07, 6.45) is 1.54. The van der Waals surface area contributed by atoms with Gasteiger partial charge in [0.2, 0.25) is 0 Å². The van der Waals surface area contributed by atoms with E-state index in [0.29, 0.717) is 15.8 Å². The summed E-state index contributed by atoms with van der Waals surface area (Å²) in [6.45, 7) is 2.16. The highest BCUT2D eigenvalue weighted by Gasteiger charge is 2.15. The van der Waals surface area contributed by atoms with Crippen LogP contribution in [0.2, 0.25) is 0 Å². The standard InChI is InChI=1S/C24H18N2O4S/c1-14-3-8-18-16(10-21(27)30-20(18)9-14)11-26-13-25-23-22(24(26)28)19(12-31-23)15-4-6-17(29-2)7-5-15/h3-10,12-13H,11H2,1-2H3. The van der Waals surface area contributed by atoms with Crippen LogP contribution in [0, 0.1) is 6.92 Å². The van der Waals surface area contributed by atoms with E-state index in [1.807, 2.05) is 54.8 Å². The highest BCUT2D eigenvalue weighted by molar-refractivity contribution is 7.17. The number of aryl methyl sites for hydroxylation is 1. The number of hydrogen-bond acceptors (Lipinski definition) is 6. The number of thiophene rings is 1. The summed E-state index contributed by atoms with van der Waals surface area (Å²) >= 11 is 1.43. The van der Waals surface area contributed by atoms with Crippen molar-refractivity contribution in [3.05, 3.63) is 92.1 Å². The Hall–Kier alpha value is -3.71. The summed E-state index contributed by atoms with van der Waals surface area (Å²) < 4.78 is 12.1. The van der Waals surface area contributed by atoms with Crippen molar-refractivity contribution in [2.75, 3.05) is 7.11 Å². The number of aromatic nitrogens is 2. The van der Waals surface area contributed by atoms with E-state index in [0.717, 1.165) is 33.4 Å². The van der Waals surface area contributed by atoms with Crippen LogP contribution in [-0.2, 0) is 6.54 Å². The lowest BCUT2D eigenvalue weighted by molar-refractivity contribution is 0.415. The lowest BCUT2D eigenvalue weighted by Gasteiger charge is -2.09. The number of nitrogens with zero attached hydrogens (tertiary/aromatic N) is 2. The monoisotopic (exact) mass is 430 g/mol. The van der Waals surface area contributed by atoms with Gasteiger partial charge in [-0.1, -0.05) is 24.3 Å². The molecule has 3 aromatic heterocycles. The minimum Gasteiger partial charge on any atom is -0.497 e. The smallest absolute Gasteiger partial charge is 0.336 e. The molecule has 0 bridgehead atoms. The minimum absolute atomic E-state index is 0.148. The molecule has 0 atom stereocenters. The predicted octanol–water partition coefficient (Wildman–Crippen LogP) is 4.60. The lowest BCUT2D eigenvalue weighted by Crippen LogP contribution is -2.21. The summed E-state index contributed by atoms with van der Waals surface area (Å²) in [4.78, 5) is 30.6. The first kappa shape index (κ1) is 19.3. The Bertz CT molecular complexity index is 1540. The van der Waals surface area contributed by atoms with Crippen molar-refractivity contribution < 1.29 is 9.15 Å². The number of fused-ring (bicyclic) bond motifs is 2. The second kappa shape index (κ2) is 7.52. The molecule has 0 aliphatic carbocycles. The second-order valence-electron chi connectivity index (χ2n) is 7.33. The fourth-order valence-electron chi connectivity index (χ4n) is 3.71. The predicted molar refractivity (Wildman–Crippen MR) is 122 cm³/mol. The molecule has 31 heavy (non-hydrogen) atoms. The van der Waals surface area contributed by atoms with Crippen LogP contribution >= 0.6 is 11.3 Å². The Morgan fingerprint density at radius 1 is 1.10 bits per heavy atom. The van der Waals surface area contributed by atoms with Crippen LogP contribution in [0.4, 0.5) is 0 Å². The van der Waals surface area contributed by atoms with Crippen molar-refractivity contribution >= 4 is 32.5 Å². The molecule has 3 heterocycles. The lowest BCUT2D eigenvalue weighted by atomic mass is 10.1. The highest BCUT2D eigenvalue weighted by Crippen LogP contribution is 2.31. The normalized spacial score (nSPS) is 11.3. The summed E-state index contributed by atoms with van der Waals surface area (Å²) in [5.41, 5.74) is 3.40. The first-order valence-electron chi connectivity index (χ1n) is 9.68. The zero-order valence-electron chi connectivity index (χ0n) is 16.9. The summed E-state index contributed by atoms with van der Waals surface area (Å²) in [5.74, 6) is 0.754. The van der Waals surface area contributed by atoms with Crippen LogP contribution < -0.4 is 15.9 Å². The van der Waals surface area contributed by atoms with Crippen LogP contribution in [0.3, 0.4) is 0 Å². The Kier molecular flexibility index (Phi) is 4.67. The average Bonchev–Trinajstić information content (AvgIpc) is 3.20. The summed E-state index contributed by atoms with van der Waals surface area (Å²) in [6, 6.07) is 14.7. The van der Waals surface area contributed by atoms with Gasteiger partial charge in [-0.05, 0) is 41.8 Å². The van der Waals surface area contributed by atoms with Gasteiger partial charge in [0.1, 0.15) is 16.2 Å². The van der Waals surface area contributed by atoms with Crippen LogP contribution in [0.5, 0.6) is 5.75 Å². The molecule has 0 saturated heterocycles. The quantitative estimate of drug-likeness (QED) is 0.390. The van der Waals surface area contributed by atoms with Gasteiger partial charge in [-0.15, -0.1) is 11.3 Å². The van der Waals surface area contributed by atoms with Crippen molar-refractivity contribution in [3.63, 3.8) is 0 Å². The maximum atomic E-state index is 13.4. The number of benzene rings is 2. The number of methoxy groups -OCH3 is 1. The van der Waals surface area contributed by atoms with Crippen molar-refractivity contribution in [2.24, 2.45) is 0 Å². The third-order valence-corrected chi connectivity index (χ3v) is 6.17. The van der Waals surface area contributed by atoms with E-state index in [1.54, 1.807) is 7.11 Å². The number of rotatable bonds is 4. The van der Waals surface area contributed by atoms with E-state index in [1.165, 1.54) is 28.3 Å². The van der Waals surface area contributed by atoms with Crippen LogP contribution in [-0.4, -0.2) is 16.7 Å². The molecule has 0 aliphatic rings. The molecule has 6 nitrogen and oxygen atoms in total. The van der Waals surface area contributed by atoms with Crippen LogP contribution in [0.15, 0.2) is 74.2 Å². The van der Waals surface area contributed by atoms with Gasteiger partial charge < -0.3 is 9.15 Å². The van der Waals surface area contributed by atoms with E-state index >= 15 is 0 Å². The van der Waals surface area contributed by atoms with Crippen molar-refractivity contribution in [3.8, 4) is 16.9 Å². The van der Waals surface area contributed by atoms with Crippen LogP contribution in [0.1, 0.15) is 11.1 Å². The fraction of sp³-hybridized carbons (Fsp3) is 0.125. The van der Waals surface area contributed by atoms with Gasteiger partial charge >= 0.3 is 5.63 Å². The Balaban J connectivity index is 1.64. The first-order chi connectivity index (χ1) is 15.0. The van der Waals surface area contributed by atoms with E-state index in [9.17, 15) is 9.59 Å². The zero-order chi connectivity index (χ0) is 21.5. The van der Waals surface area contributed by atoms with Crippen molar-refractivity contribution in [1.82, 2.24) is 9.55 Å². The maximum Gasteiger partial charge on any atom is 0.336 e. The molecular formula is C24H18N2O4S. The zero-order valence-corrected chi connectivity index (χ0v) is 17.7. The summed E-state index contributed by atoms with van der Waals surface area (Å²) in [7, 11) is 1.62. The Labute approximate surface area is 181 Å². The minimum atomic E-state index is -0.440. The first-order valence-corrected chi connectivity index (χ1v) is 10.6. The molecule has 0 amide bonds. The van der Waals surface area contributed by atoms with Gasteiger partial charge in [0, 0.05) is 22.4 Å². The molecule has 0 unspecified atom stereocenters. The molecule has 0 spiro atoms. The molecule has 0 fully saturated rings. The molecule has 154 valence electrons. The molecule has 2 aromatic carbocycles. The molecule has 0 aliphatic heterocycles. The molecule has 5 rings (SSSR count). The summed E-state index contributed by atoms with van der Waals surface area (Å²) in [5, 5.41) is 3.32. The van der Waals surface area contributed by atoms with Gasteiger partial charge in [-0.2, -0.15) is 0 Å². The largest absolute Gasteiger partial charge is 0.497 e. The topological polar surface area (TPSA) is 74.3 Å². The maximum absolute atomic E-state index is 13.4. The van der Waals surface area contributed by atoms with Gasteiger partial charge in [0.25, 0.3) is 5.56 Å². The SMILES string of the molecule is COc1ccc(-c2csc3ncn(Cc4cc(=O)oc5cc(C)ccc45)c(=O)c23)cc1. The van der Waals surface area contributed by atoms with Crippen molar-refractivity contribution in [1.29, 1.82) is 0 Å². The van der Waals surface area contributed by atoms with Crippen LogP contribution in [0.25, 0.3) is 32.3 Å². The number of ether oxygens (including phenoxy) is 1. The van der Waals surface area contributed by atoms with E-state index < -0.39 is 5.63 Å². The second-order valence-corrected chi connectivity index (χ2v) is 8.18. The average molecular weight is 430 g/mol. The van der Waals surface area contributed by atoms with Gasteiger partial charge in [0.15, 0.2) is 0 Å². The molecule has 7 heteroatoms. The van der Waals surface area contributed by atoms with Gasteiger partial charge in [0.05, 0.1) is 25.4 Å². The molecule has 0 saturated carbocycles. The third-order valence-electron chi connectivity index (χ3n) is 5.29. The Morgan fingerprint density at radius 3 is 2.68 bits per heavy atom.